The molecule has 2 aromatic heterocycles. The fraction of sp³-hybridized carbons (Fsp3) is 0.263. The van der Waals surface area contributed by atoms with Crippen LogP contribution in [0.1, 0.15) is 40.3 Å². The predicted molar refractivity (Wildman–Crippen MR) is 95.6 cm³/mol. The van der Waals surface area contributed by atoms with Crippen molar-refractivity contribution >= 4 is 16.9 Å². The maximum Gasteiger partial charge on any atom is 0.254 e. The minimum Gasteiger partial charge on any atom is -0.495 e. The Balaban J connectivity index is 1.98. The van der Waals surface area contributed by atoms with Crippen LogP contribution in [0, 0.1) is 19.7 Å². The molecule has 3 aromatic rings. The molecule has 0 fully saturated rings. The van der Waals surface area contributed by atoms with Gasteiger partial charge >= 0.3 is 0 Å². The molecule has 0 saturated carbocycles. The molecule has 1 amide bonds. The number of benzene rings is 1. The van der Waals surface area contributed by atoms with Crippen molar-refractivity contribution in [3.8, 4) is 5.75 Å². The van der Waals surface area contributed by atoms with E-state index in [1.165, 1.54) is 19.2 Å². The second-order valence-corrected chi connectivity index (χ2v) is 6.03. The number of carbonyl (C=O) groups excluding carboxylic acids is 1. The third kappa shape index (κ3) is 3.33. The van der Waals surface area contributed by atoms with E-state index in [2.05, 4.69) is 20.3 Å². The average molecular weight is 354 g/mol. The fourth-order valence-corrected chi connectivity index (χ4v) is 2.74. The molecule has 0 unspecified atom stereocenters. The lowest BCUT2D eigenvalue weighted by Crippen LogP contribution is -2.27. The minimum atomic E-state index is -0.533. The molecular weight excluding hydrogens is 335 g/mol. The first-order valence-electron chi connectivity index (χ1n) is 8.14. The lowest BCUT2D eigenvalue weighted by Gasteiger charge is -2.17. The maximum atomic E-state index is 14.0. The first kappa shape index (κ1) is 17.7. The molecule has 0 radical (unpaired) electrons. The molecule has 26 heavy (non-hydrogen) atoms. The van der Waals surface area contributed by atoms with E-state index in [0.717, 1.165) is 5.56 Å². The number of rotatable bonds is 4. The van der Waals surface area contributed by atoms with Crippen LogP contribution in [0.15, 0.2) is 30.6 Å². The van der Waals surface area contributed by atoms with Crippen LogP contribution < -0.4 is 10.1 Å². The summed E-state index contributed by atoms with van der Waals surface area (Å²) < 4.78 is 19.3. The number of ether oxygens (including phenoxy) is 1. The molecule has 0 aliphatic heterocycles. The number of methoxy groups -OCH3 is 1. The molecule has 1 atom stereocenters. The molecular formula is C19H19FN4O2. The third-order valence-corrected chi connectivity index (χ3v) is 4.24. The summed E-state index contributed by atoms with van der Waals surface area (Å²) in [5.41, 5.74) is 3.05. The van der Waals surface area contributed by atoms with Gasteiger partial charge in [-0.05, 0) is 32.9 Å². The second-order valence-electron chi connectivity index (χ2n) is 6.03. The van der Waals surface area contributed by atoms with E-state index in [1.54, 1.807) is 32.3 Å². The van der Waals surface area contributed by atoms with Gasteiger partial charge in [-0.15, -0.1) is 0 Å². The Morgan fingerprint density at radius 3 is 2.69 bits per heavy atom. The van der Waals surface area contributed by atoms with E-state index >= 15 is 0 Å². The number of amides is 1. The summed E-state index contributed by atoms with van der Waals surface area (Å²) in [6, 6.07) is 3.86. The first-order chi connectivity index (χ1) is 12.4. The van der Waals surface area contributed by atoms with Crippen molar-refractivity contribution < 1.29 is 13.9 Å². The second kappa shape index (κ2) is 7.03. The Bertz CT molecular complexity index is 991. The lowest BCUT2D eigenvalue weighted by molar-refractivity contribution is 0.0940. The zero-order valence-corrected chi connectivity index (χ0v) is 15.0. The van der Waals surface area contributed by atoms with Crippen LogP contribution in [0.5, 0.6) is 5.75 Å². The van der Waals surface area contributed by atoms with Gasteiger partial charge in [0.15, 0.2) is 0 Å². The quantitative estimate of drug-likeness (QED) is 0.778. The Labute approximate surface area is 150 Å². The number of pyridine rings is 1. The molecule has 7 heteroatoms. The Morgan fingerprint density at radius 1 is 1.23 bits per heavy atom. The summed E-state index contributed by atoms with van der Waals surface area (Å²) in [5, 5.41) is 2.86. The van der Waals surface area contributed by atoms with E-state index in [1.807, 2.05) is 6.92 Å². The maximum absolute atomic E-state index is 14.0. The summed E-state index contributed by atoms with van der Waals surface area (Å²) in [6.45, 7) is 5.42. The smallest absolute Gasteiger partial charge is 0.254 e. The standard InChI is InChI=1S/C19H19FN4O2/c1-10-11(2)23-18-15(7-13(20)8-16(18)22-10)19(25)24-12(3)14-5-6-21-9-17(14)26-4/h5-9,12H,1-4H3,(H,24,25)/t12-/m0/s1. The number of hydrogen-bond donors (Lipinski definition) is 1. The number of nitrogens with one attached hydrogen (secondary N) is 1. The Kier molecular flexibility index (Phi) is 4.79. The van der Waals surface area contributed by atoms with Crippen LogP contribution >= 0.6 is 0 Å². The van der Waals surface area contributed by atoms with Crippen LogP contribution in [0.4, 0.5) is 4.39 Å². The lowest BCUT2D eigenvalue weighted by atomic mass is 10.1. The van der Waals surface area contributed by atoms with E-state index in [9.17, 15) is 9.18 Å². The topological polar surface area (TPSA) is 77.0 Å². The zero-order chi connectivity index (χ0) is 18.8. The normalized spacial score (nSPS) is 12.0. The summed E-state index contributed by atoms with van der Waals surface area (Å²) in [7, 11) is 1.54. The van der Waals surface area contributed by atoms with Crippen LogP contribution in [0.3, 0.4) is 0 Å². The number of carbonyl (C=O) groups is 1. The van der Waals surface area contributed by atoms with Crippen LogP contribution in [-0.4, -0.2) is 28.0 Å². The predicted octanol–water partition coefficient (Wildman–Crippen LogP) is 3.28. The highest BCUT2D eigenvalue weighted by atomic mass is 19.1. The number of halogens is 1. The third-order valence-electron chi connectivity index (χ3n) is 4.24. The van der Waals surface area contributed by atoms with Crippen LogP contribution in [0.2, 0.25) is 0 Å². The average Bonchev–Trinajstić information content (AvgIpc) is 2.62. The molecule has 0 spiro atoms. The summed E-state index contributed by atoms with van der Waals surface area (Å²) in [6.07, 6.45) is 3.20. The Morgan fingerprint density at radius 2 is 1.96 bits per heavy atom. The molecule has 2 heterocycles. The van der Waals surface area contributed by atoms with Gasteiger partial charge in [0, 0.05) is 17.8 Å². The molecule has 134 valence electrons. The molecule has 0 bridgehead atoms. The van der Waals surface area contributed by atoms with Gasteiger partial charge in [0.2, 0.25) is 0 Å². The minimum absolute atomic E-state index is 0.149. The summed E-state index contributed by atoms with van der Waals surface area (Å²) in [5.74, 6) is -0.400. The van der Waals surface area contributed by atoms with Crippen LogP contribution in [0.25, 0.3) is 11.0 Å². The van der Waals surface area contributed by atoms with Gasteiger partial charge in [-0.25, -0.2) is 14.4 Å². The molecule has 0 aliphatic rings. The first-order valence-corrected chi connectivity index (χ1v) is 8.14. The molecule has 0 aliphatic carbocycles. The van der Waals surface area contributed by atoms with E-state index in [-0.39, 0.29) is 11.6 Å². The van der Waals surface area contributed by atoms with Crippen molar-refractivity contribution in [3.05, 3.63) is 58.9 Å². The summed E-state index contributed by atoms with van der Waals surface area (Å²) >= 11 is 0. The van der Waals surface area contributed by atoms with Gasteiger partial charge in [-0.1, -0.05) is 0 Å². The zero-order valence-electron chi connectivity index (χ0n) is 15.0. The largest absolute Gasteiger partial charge is 0.495 e. The van der Waals surface area contributed by atoms with E-state index < -0.39 is 11.7 Å². The highest BCUT2D eigenvalue weighted by molar-refractivity contribution is 6.05. The number of fused-ring (bicyclic) bond motifs is 1. The molecule has 0 saturated heterocycles. The highest BCUT2D eigenvalue weighted by Gasteiger charge is 2.19. The van der Waals surface area contributed by atoms with Crippen LogP contribution in [-0.2, 0) is 0 Å². The molecule has 3 rings (SSSR count). The molecule has 1 aromatic carbocycles. The molecule has 1 N–H and O–H groups in total. The van der Waals surface area contributed by atoms with Crippen molar-refractivity contribution in [1.29, 1.82) is 0 Å². The van der Waals surface area contributed by atoms with Gasteiger partial charge in [-0.2, -0.15) is 0 Å². The van der Waals surface area contributed by atoms with Crippen molar-refractivity contribution in [3.63, 3.8) is 0 Å². The van der Waals surface area contributed by atoms with Crippen molar-refractivity contribution in [2.24, 2.45) is 0 Å². The van der Waals surface area contributed by atoms with Crippen molar-refractivity contribution in [2.75, 3.05) is 7.11 Å². The molecule has 6 nitrogen and oxygen atoms in total. The van der Waals surface area contributed by atoms with E-state index in [4.69, 9.17) is 4.74 Å². The monoisotopic (exact) mass is 354 g/mol. The highest BCUT2D eigenvalue weighted by Crippen LogP contribution is 2.25. The fourth-order valence-electron chi connectivity index (χ4n) is 2.74. The van der Waals surface area contributed by atoms with Crippen molar-refractivity contribution in [2.45, 2.75) is 26.8 Å². The Hall–Kier alpha value is -3.09. The SMILES string of the molecule is COc1cnccc1[C@H](C)NC(=O)c1cc(F)cc2nc(C)c(C)nc12. The number of nitrogens with zero attached hydrogens (tertiary/aromatic N) is 3. The van der Waals surface area contributed by atoms with Gasteiger partial charge in [0.25, 0.3) is 5.91 Å². The van der Waals surface area contributed by atoms with Crippen molar-refractivity contribution in [1.82, 2.24) is 20.3 Å². The van der Waals surface area contributed by atoms with Gasteiger partial charge in [0.1, 0.15) is 17.1 Å². The van der Waals surface area contributed by atoms with Gasteiger partial charge < -0.3 is 10.1 Å². The number of aromatic nitrogens is 3. The van der Waals surface area contributed by atoms with Gasteiger partial charge in [-0.3, -0.25) is 9.78 Å². The number of hydrogen-bond acceptors (Lipinski definition) is 5. The summed E-state index contributed by atoms with van der Waals surface area (Å²) in [4.78, 5) is 25.5. The van der Waals surface area contributed by atoms with E-state index in [0.29, 0.717) is 28.2 Å². The number of aryl methyl sites for hydroxylation is 2. The van der Waals surface area contributed by atoms with Gasteiger partial charge in [0.05, 0.1) is 41.8 Å².